The number of benzene rings is 1. The van der Waals surface area contributed by atoms with E-state index in [9.17, 15) is 4.79 Å². The van der Waals surface area contributed by atoms with Gasteiger partial charge < -0.3 is 18.8 Å². The largest absolute Gasteiger partial charge is 0.486 e. The van der Waals surface area contributed by atoms with Gasteiger partial charge in [0, 0.05) is 25.2 Å². The predicted octanol–water partition coefficient (Wildman–Crippen LogP) is 3.47. The van der Waals surface area contributed by atoms with Gasteiger partial charge in [0.15, 0.2) is 28.2 Å². The first-order valence-corrected chi connectivity index (χ1v) is 10.9. The molecule has 158 valence electrons. The summed E-state index contributed by atoms with van der Waals surface area (Å²) in [4.78, 5) is 14.7. The SMILES string of the molecule is CCN(Cc1cccc2c1OCCO2)C(=O)CSc1nnc(-c2ccco2)n1CC. The third-order valence-corrected chi connectivity index (χ3v) is 5.79. The van der Waals surface area contributed by atoms with Crippen molar-refractivity contribution in [1.82, 2.24) is 19.7 Å². The maximum absolute atomic E-state index is 12.9. The molecule has 0 unspecified atom stereocenters. The lowest BCUT2D eigenvalue weighted by Crippen LogP contribution is -2.32. The quantitative estimate of drug-likeness (QED) is 0.508. The summed E-state index contributed by atoms with van der Waals surface area (Å²) in [7, 11) is 0. The van der Waals surface area contributed by atoms with Crippen LogP contribution in [0.5, 0.6) is 11.5 Å². The Kier molecular flexibility index (Phi) is 6.27. The summed E-state index contributed by atoms with van der Waals surface area (Å²) in [5.74, 6) is 3.10. The molecule has 1 aliphatic rings. The Labute approximate surface area is 179 Å². The highest BCUT2D eigenvalue weighted by Gasteiger charge is 2.21. The van der Waals surface area contributed by atoms with Gasteiger partial charge in [-0.2, -0.15) is 0 Å². The fraction of sp³-hybridized carbons (Fsp3) is 0.381. The average molecular weight is 429 g/mol. The number of ether oxygens (including phenoxy) is 2. The van der Waals surface area contributed by atoms with E-state index < -0.39 is 0 Å². The van der Waals surface area contributed by atoms with E-state index in [1.54, 1.807) is 11.2 Å². The molecule has 0 aliphatic carbocycles. The molecule has 30 heavy (non-hydrogen) atoms. The highest BCUT2D eigenvalue weighted by Crippen LogP contribution is 2.34. The van der Waals surface area contributed by atoms with Crippen molar-refractivity contribution in [3.63, 3.8) is 0 Å². The number of thioether (sulfide) groups is 1. The first kappa shape index (κ1) is 20.3. The highest BCUT2D eigenvalue weighted by atomic mass is 32.2. The van der Waals surface area contributed by atoms with E-state index in [4.69, 9.17) is 13.9 Å². The number of furan rings is 1. The minimum Gasteiger partial charge on any atom is -0.486 e. The Morgan fingerprint density at radius 1 is 1.17 bits per heavy atom. The van der Waals surface area contributed by atoms with E-state index in [1.165, 1.54) is 11.8 Å². The van der Waals surface area contributed by atoms with Gasteiger partial charge in [-0.15, -0.1) is 10.2 Å². The fourth-order valence-corrected chi connectivity index (χ4v) is 4.23. The van der Waals surface area contributed by atoms with E-state index in [2.05, 4.69) is 10.2 Å². The van der Waals surface area contributed by atoms with Crippen LogP contribution < -0.4 is 9.47 Å². The molecule has 0 atom stereocenters. The molecule has 3 aromatic rings. The summed E-state index contributed by atoms with van der Waals surface area (Å²) in [5, 5.41) is 9.18. The van der Waals surface area contributed by atoms with Crippen molar-refractivity contribution in [2.24, 2.45) is 0 Å². The van der Waals surface area contributed by atoms with Crippen LogP contribution >= 0.6 is 11.8 Å². The highest BCUT2D eigenvalue weighted by molar-refractivity contribution is 7.99. The maximum Gasteiger partial charge on any atom is 0.233 e. The summed E-state index contributed by atoms with van der Waals surface area (Å²) in [6.45, 7) is 6.80. The van der Waals surface area contributed by atoms with Crippen LogP contribution in [-0.4, -0.2) is 51.1 Å². The summed E-state index contributed by atoms with van der Waals surface area (Å²) in [5.41, 5.74) is 0.948. The lowest BCUT2D eigenvalue weighted by Gasteiger charge is -2.25. The van der Waals surface area contributed by atoms with Crippen LogP contribution in [0.25, 0.3) is 11.6 Å². The standard InChI is InChI=1S/C21H24N4O4S/c1-3-24(13-15-7-5-8-16-19(15)29-12-11-28-16)18(26)14-30-21-23-22-20(25(21)4-2)17-9-6-10-27-17/h5-10H,3-4,11-14H2,1-2H3. The Morgan fingerprint density at radius 2 is 2.03 bits per heavy atom. The van der Waals surface area contributed by atoms with Crippen LogP contribution in [0.1, 0.15) is 19.4 Å². The minimum atomic E-state index is 0.0297. The number of carbonyl (C=O) groups excluding carboxylic acids is 1. The molecule has 0 spiro atoms. The minimum absolute atomic E-state index is 0.0297. The molecule has 4 rings (SSSR count). The zero-order valence-corrected chi connectivity index (χ0v) is 17.9. The second-order valence-electron chi connectivity index (χ2n) is 6.67. The van der Waals surface area contributed by atoms with E-state index in [0.717, 1.165) is 17.1 Å². The zero-order chi connectivity index (χ0) is 20.9. The van der Waals surface area contributed by atoms with E-state index in [-0.39, 0.29) is 11.7 Å². The average Bonchev–Trinajstić information content (AvgIpc) is 3.45. The number of hydrogen-bond acceptors (Lipinski definition) is 7. The Bertz CT molecular complexity index is 1000. The van der Waals surface area contributed by atoms with Gasteiger partial charge >= 0.3 is 0 Å². The molecule has 0 N–H and O–H groups in total. The van der Waals surface area contributed by atoms with Crippen molar-refractivity contribution < 1.29 is 18.7 Å². The smallest absolute Gasteiger partial charge is 0.233 e. The molecule has 1 amide bonds. The van der Waals surface area contributed by atoms with Gasteiger partial charge in [-0.3, -0.25) is 9.36 Å². The molecule has 0 saturated carbocycles. The number of amides is 1. The van der Waals surface area contributed by atoms with Crippen molar-refractivity contribution in [3.8, 4) is 23.1 Å². The van der Waals surface area contributed by atoms with Crippen LogP contribution in [0.2, 0.25) is 0 Å². The van der Waals surface area contributed by atoms with E-state index >= 15 is 0 Å². The van der Waals surface area contributed by atoms with E-state index in [1.807, 2.05) is 48.7 Å². The molecule has 8 nitrogen and oxygen atoms in total. The third kappa shape index (κ3) is 4.16. The zero-order valence-electron chi connectivity index (χ0n) is 17.0. The van der Waals surface area contributed by atoms with Crippen LogP contribution in [0.15, 0.2) is 46.2 Å². The Balaban J connectivity index is 1.43. The molecule has 2 aromatic heterocycles. The number of fused-ring (bicyclic) bond motifs is 1. The van der Waals surface area contributed by atoms with E-state index in [0.29, 0.717) is 49.6 Å². The summed E-state index contributed by atoms with van der Waals surface area (Å²) < 4.78 is 18.8. The number of hydrogen-bond donors (Lipinski definition) is 0. The third-order valence-electron chi connectivity index (χ3n) is 4.84. The fourth-order valence-electron chi connectivity index (χ4n) is 3.33. The van der Waals surface area contributed by atoms with Gasteiger partial charge in [-0.25, -0.2) is 0 Å². The lowest BCUT2D eigenvalue weighted by molar-refractivity contribution is -0.128. The molecule has 0 bridgehead atoms. The first-order chi connectivity index (χ1) is 14.7. The number of carbonyl (C=O) groups is 1. The summed E-state index contributed by atoms with van der Waals surface area (Å²) >= 11 is 1.38. The summed E-state index contributed by atoms with van der Waals surface area (Å²) in [6.07, 6.45) is 1.61. The Hall–Kier alpha value is -2.94. The van der Waals surface area contributed by atoms with Gasteiger partial charge in [-0.05, 0) is 32.0 Å². The second-order valence-corrected chi connectivity index (χ2v) is 7.61. The van der Waals surface area contributed by atoms with Crippen LogP contribution in [0, 0.1) is 0 Å². The summed E-state index contributed by atoms with van der Waals surface area (Å²) in [6, 6.07) is 9.45. The molecule has 3 heterocycles. The molecular formula is C21H24N4O4S. The molecule has 0 saturated heterocycles. The van der Waals surface area contributed by atoms with Gasteiger partial charge in [-0.1, -0.05) is 23.9 Å². The second kappa shape index (κ2) is 9.25. The van der Waals surface area contributed by atoms with Gasteiger partial charge in [0.25, 0.3) is 0 Å². The molecule has 0 fully saturated rings. The van der Waals surface area contributed by atoms with Crippen LogP contribution in [0.4, 0.5) is 0 Å². The first-order valence-electron chi connectivity index (χ1n) is 9.96. The van der Waals surface area contributed by atoms with Gasteiger partial charge in [0.05, 0.1) is 12.0 Å². The molecule has 1 aliphatic heterocycles. The lowest BCUT2D eigenvalue weighted by atomic mass is 10.1. The van der Waals surface area contributed by atoms with Crippen molar-refractivity contribution in [1.29, 1.82) is 0 Å². The number of para-hydroxylation sites is 1. The number of nitrogens with zero attached hydrogens (tertiary/aromatic N) is 4. The Morgan fingerprint density at radius 3 is 2.80 bits per heavy atom. The maximum atomic E-state index is 12.9. The predicted molar refractivity (Wildman–Crippen MR) is 113 cm³/mol. The molecule has 1 aromatic carbocycles. The van der Waals surface area contributed by atoms with Crippen molar-refractivity contribution >= 4 is 17.7 Å². The van der Waals surface area contributed by atoms with Crippen LogP contribution in [-0.2, 0) is 17.9 Å². The molecule has 0 radical (unpaired) electrons. The van der Waals surface area contributed by atoms with Crippen molar-refractivity contribution in [3.05, 3.63) is 42.2 Å². The number of rotatable bonds is 8. The van der Waals surface area contributed by atoms with Crippen molar-refractivity contribution in [2.45, 2.75) is 32.1 Å². The topological polar surface area (TPSA) is 82.6 Å². The van der Waals surface area contributed by atoms with Gasteiger partial charge in [0.1, 0.15) is 13.2 Å². The normalized spacial score (nSPS) is 12.7. The monoisotopic (exact) mass is 428 g/mol. The molecule has 9 heteroatoms. The van der Waals surface area contributed by atoms with Gasteiger partial charge in [0.2, 0.25) is 5.91 Å². The number of aromatic nitrogens is 3. The molecular weight excluding hydrogens is 404 g/mol. The van der Waals surface area contributed by atoms with Crippen LogP contribution in [0.3, 0.4) is 0 Å². The van der Waals surface area contributed by atoms with Crippen molar-refractivity contribution in [2.75, 3.05) is 25.5 Å².